The summed E-state index contributed by atoms with van der Waals surface area (Å²) in [6.07, 6.45) is 3.56. The monoisotopic (exact) mass is 544 g/mol. The summed E-state index contributed by atoms with van der Waals surface area (Å²) in [7, 11) is 1.57. The number of carbonyl (C=O) groups is 1. The number of pyridine rings is 1. The van der Waals surface area contributed by atoms with Crippen LogP contribution in [0.5, 0.6) is 5.75 Å². The van der Waals surface area contributed by atoms with Crippen molar-refractivity contribution >= 4 is 40.2 Å². The predicted molar refractivity (Wildman–Crippen MR) is 149 cm³/mol. The number of nitrogens with zero attached hydrogens (tertiary/aromatic N) is 2. The molecular formula is C29H34ClFN2O3S. The number of hydrogen-bond acceptors (Lipinski definition) is 5. The van der Waals surface area contributed by atoms with Gasteiger partial charge in [0.1, 0.15) is 11.9 Å². The maximum absolute atomic E-state index is 15.7. The van der Waals surface area contributed by atoms with Gasteiger partial charge in [-0.3, -0.25) is 9.78 Å². The van der Waals surface area contributed by atoms with Crippen LogP contribution in [0.2, 0.25) is 5.02 Å². The smallest absolute Gasteiger partial charge is 0.303 e. The number of benzene rings is 2. The molecule has 5 nitrogen and oxygen atoms in total. The number of aliphatic carboxylic acids is 1. The molecule has 4 rings (SSSR count). The Labute approximate surface area is 227 Å². The first-order valence-electron chi connectivity index (χ1n) is 12.8. The molecule has 1 unspecified atom stereocenters. The van der Waals surface area contributed by atoms with E-state index in [-0.39, 0.29) is 17.9 Å². The minimum absolute atomic E-state index is 0.0655. The summed E-state index contributed by atoms with van der Waals surface area (Å²) >= 11 is 8.27. The van der Waals surface area contributed by atoms with Crippen LogP contribution in [0.4, 0.5) is 4.39 Å². The number of ether oxygens (including phenoxy) is 1. The normalized spacial score (nSPS) is 16.5. The van der Waals surface area contributed by atoms with E-state index < -0.39 is 17.6 Å². The van der Waals surface area contributed by atoms with E-state index in [1.807, 2.05) is 17.8 Å². The van der Waals surface area contributed by atoms with Crippen molar-refractivity contribution in [2.45, 2.75) is 49.6 Å². The van der Waals surface area contributed by atoms with Gasteiger partial charge in [0.25, 0.3) is 0 Å². The molecular weight excluding hydrogens is 511 g/mol. The van der Waals surface area contributed by atoms with Gasteiger partial charge in [-0.05, 0) is 93.2 Å². The molecule has 1 saturated heterocycles. The second-order valence-electron chi connectivity index (χ2n) is 9.84. The first kappa shape index (κ1) is 27.7. The molecule has 1 aliphatic heterocycles. The Balaban J connectivity index is 1.35. The van der Waals surface area contributed by atoms with Crippen molar-refractivity contribution in [2.24, 2.45) is 5.41 Å². The lowest BCUT2D eigenvalue weighted by molar-refractivity contribution is -0.141. The molecule has 2 aromatic carbocycles. The van der Waals surface area contributed by atoms with Crippen LogP contribution in [0.25, 0.3) is 10.9 Å². The predicted octanol–water partition coefficient (Wildman–Crippen LogP) is 7.43. The van der Waals surface area contributed by atoms with E-state index in [2.05, 4.69) is 34.1 Å². The standard InChI is InChI=1S/C29H34ClFN2O3S/c1-36-21-8-9-26-23(18-21)28(24(30)20-32-26)25(31)10-11-29(19-27(34)35)12-15-33(16-13-29)14-5-17-37-22-6-3-2-4-7-22/h2-4,6-9,18,20,25H,5,10-17,19H2,1H3,(H,34,35). The number of piperidine rings is 1. The van der Waals surface area contributed by atoms with Gasteiger partial charge in [0.2, 0.25) is 0 Å². The van der Waals surface area contributed by atoms with Gasteiger partial charge in [-0.15, -0.1) is 11.8 Å². The Morgan fingerprint density at radius 2 is 2.00 bits per heavy atom. The fraction of sp³-hybridized carbons (Fsp3) is 0.448. The van der Waals surface area contributed by atoms with Crippen molar-refractivity contribution < 1.29 is 19.0 Å². The molecule has 1 fully saturated rings. The number of fused-ring (bicyclic) bond motifs is 1. The van der Waals surface area contributed by atoms with Crippen molar-refractivity contribution in [2.75, 3.05) is 32.5 Å². The largest absolute Gasteiger partial charge is 0.497 e. The van der Waals surface area contributed by atoms with E-state index in [4.69, 9.17) is 16.3 Å². The van der Waals surface area contributed by atoms with Crippen LogP contribution in [0, 0.1) is 5.41 Å². The summed E-state index contributed by atoms with van der Waals surface area (Å²) in [5.74, 6) is 0.845. The number of hydrogen-bond donors (Lipinski definition) is 1. The Morgan fingerprint density at radius 1 is 1.24 bits per heavy atom. The average Bonchev–Trinajstić information content (AvgIpc) is 2.90. The van der Waals surface area contributed by atoms with Gasteiger partial charge >= 0.3 is 5.97 Å². The highest BCUT2D eigenvalue weighted by atomic mass is 35.5. The quantitative estimate of drug-likeness (QED) is 0.189. The Hall–Kier alpha value is -2.35. The van der Waals surface area contributed by atoms with Crippen molar-refractivity contribution in [3.63, 3.8) is 0 Å². The fourth-order valence-corrected chi connectivity index (χ4v) is 6.40. The molecule has 1 atom stereocenters. The number of methoxy groups -OCH3 is 1. The molecule has 1 aliphatic rings. The van der Waals surface area contributed by atoms with E-state index >= 15 is 4.39 Å². The molecule has 0 bridgehead atoms. The van der Waals surface area contributed by atoms with Gasteiger partial charge < -0.3 is 14.7 Å². The summed E-state index contributed by atoms with van der Waals surface area (Å²) in [4.78, 5) is 19.8. The molecule has 1 N–H and O–H groups in total. The number of thioether (sulfide) groups is 1. The van der Waals surface area contributed by atoms with Gasteiger partial charge in [0.05, 0.1) is 24.1 Å². The van der Waals surface area contributed by atoms with Gasteiger partial charge in [0.15, 0.2) is 0 Å². The van der Waals surface area contributed by atoms with Crippen LogP contribution < -0.4 is 4.74 Å². The zero-order valence-electron chi connectivity index (χ0n) is 21.2. The van der Waals surface area contributed by atoms with Crippen LogP contribution in [0.3, 0.4) is 0 Å². The molecule has 0 radical (unpaired) electrons. The number of carboxylic acids is 1. The molecule has 2 heterocycles. The highest BCUT2D eigenvalue weighted by Gasteiger charge is 2.37. The van der Waals surface area contributed by atoms with Crippen molar-refractivity contribution in [1.29, 1.82) is 0 Å². The third-order valence-corrected chi connectivity index (χ3v) is 8.78. The minimum Gasteiger partial charge on any atom is -0.497 e. The number of halogens is 2. The Bertz CT molecular complexity index is 1190. The van der Waals surface area contributed by atoms with Crippen LogP contribution in [-0.4, -0.2) is 53.5 Å². The number of likely N-dealkylation sites (tertiary alicyclic amines) is 1. The van der Waals surface area contributed by atoms with Crippen molar-refractivity contribution in [3.05, 3.63) is 65.3 Å². The molecule has 3 aromatic rings. The molecule has 0 saturated carbocycles. The number of carboxylic acid groups (broad SMARTS) is 1. The van der Waals surface area contributed by atoms with Crippen molar-refractivity contribution in [1.82, 2.24) is 9.88 Å². The maximum atomic E-state index is 15.7. The van der Waals surface area contributed by atoms with E-state index in [1.54, 1.807) is 25.3 Å². The van der Waals surface area contributed by atoms with E-state index in [0.29, 0.717) is 28.6 Å². The van der Waals surface area contributed by atoms with Gasteiger partial charge in [-0.2, -0.15) is 0 Å². The molecule has 8 heteroatoms. The average molecular weight is 545 g/mol. The fourth-order valence-electron chi connectivity index (χ4n) is 5.27. The van der Waals surface area contributed by atoms with E-state index in [9.17, 15) is 9.90 Å². The Morgan fingerprint density at radius 3 is 2.70 bits per heavy atom. The first-order chi connectivity index (χ1) is 17.9. The molecule has 0 amide bonds. The van der Waals surface area contributed by atoms with Crippen molar-refractivity contribution in [3.8, 4) is 5.75 Å². The lowest BCUT2D eigenvalue weighted by Crippen LogP contribution is -2.41. The zero-order chi connectivity index (χ0) is 26.3. The van der Waals surface area contributed by atoms with Crippen LogP contribution in [0.1, 0.15) is 50.3 Å². The second-order valence-corrected chi connectivity index (χ2v) is 11.4. The SMILES string of the molecule is COc1ccc2ncc(Cl)c(C(F)CCC3(CC(=O)O)CCN(CCCSc4ccccc4)CC3)c2c1. The van der Waals surface area contributed by atoms with E-state index in [1.165, 1.54) is 11.1 Å². The van der Waals surface area contributed by atoms with Gasteiger partial charge in [-0.1, -0.05) is 29.8 Å². The summed E-state index contributed by atoms with van der Waals surface area (Å²) in [5.41, 5.74) is 0.657. The summed E-state index contributed by atoms with van der Waals surface area (Å²) in [5, 5.41) is 10.6. The summed E-state index contributed by atoms with van der Waals surface area (Å²) in [6, 6.07) is 15.7. The zero-order valence-corrected chi connectivity index (χ0v) is 22.7. The summed E-state index contributed by atoms with van der Waals surface area (Å²) < 4.78 is 21.0. The number of alkyl halides is 1. The third kappa shape index (κ3) is 7.37. The lowest BCUT2D eigenvalue weighted by Gasteiger charge is -2.41. The number of aromatic nitrogens is 1. The minimum atomic E-state index is -1.32. The number of rotatable bonds is 12. The maximum Gasteiger partial charge on any atom is 0.303 e. The third-order valence-electron chi connectivity index (χ3n) is 7.38. The lowest BCUT2D eigenvalue weighted by atomic mass is 9.71. The molecule has 0 aliphatic carbocycles. The van der Waals surface area contributed by atoms with Gasteiger partial charge in [0, 0.05) is 22.0 Å². The van der Waals surface area contributed by atoms with Crippen LogP contribution in [-0.2, 0) is 4.79 Å². The van der Waals surface area contributed by atoms with Crippen LogP contribution in [0.15, 0.2) is 59.6 Å². The molecule has 37 heavy (non-hydrogen) atoms. The molecule has 0 spiro atoms. The summed E-state index contributed by atoms with van der Waals surface area (Å²) in [6.45, 7) is 2.68. The molecule has 198 valence electrons. The second kappa shape index (κ2) is 12.9. The first-order valence-corrected chi connectivity index (χ1v) is 14.1. The topological polar surface area (TPSA) is 62.7 Å². The van der Waals surface area contributed by atoms with E-state index in [0.717, 1.165) is 44.6 Å². The van der Waals surface area contributed by atoms with Gasteiger partial charge in [-0.25, -0.2) is 4.39 Å². The van der Waals surface area contributed by atoms with Crippen LogP contribution >= 0.6 is 23.4 Å². The highest BCUT2D eigenvalue weighted by Crippen LogP contribution is 2.44. The molecule has 1 aromatic heterocycles. The Kier molecular flexibility index (Phi) is 9.68. The highest BCUT2D eigenvalue weighted by molar-refractivity contribution is 7.99.